The number of Topliss-reactive ketones (excluding diaryl/α,β-unsaturated/α-hetero) is 1. The lowest BCUT2D eigenvalue weighted by Gasteiger charge is -2.37. The van der Waals surface area contributed by atoms with Crippen LogP contribution in [0.5, 0.6) is 0 Å². The van der Waals surface area contributed by atoms with Gasteiger partial charge in [0.1, 0.15) is 0 Å². The number of hydrogen-bond acceptors (Lipinski definition) is 5. The minimum absolute atomic E-state index is 0.0162. The molecule has 0 bridgehead atoms. The van der Waals surface area contributed by atoms with Crippen molar-refractivity contribution < 1.29 is 14.3 Å². The molecule has 1 saturated heterocycles. The van der Waals surface area contributed by atoms with Crippen LogP contribution in [-0.4, -0.2) is 30.9 Å². The smallest absolute Gasteiger partial charge is 0.329 e. The van der Waals surface area contributed by atoms with E-state index in [0.717, 1.165) is 16.8 Å². The molecule has 2 aromatic carbocycles. The normalized spacial score (nSPS) is 26.5. The Kier molecular flexibility index (Phi) is 4.97. The van der Waals surface area contributed by atoms with Crippen LogP contribution in [0.2, 0.25) is 0 Å². The zero-order chi connectivity index (χ0) is 22.4. The van der Waals surface area contributed by atoms with Crippen molar-refractivity contribution in [1.29, 1.82) is 5.26 Å². The lowest BCUT2D eigenvalue weighted by atomic mass is 9.67. The number of methoxy groups -OCH3 is 1. The van der Waals surface area contributed by atoms with Gasteiger partial charge in [0.25, 0.3) is 0 Å². The van der Waals surface area contributed by atoms with Crippen molar-refractivity contribution in [3.8, 4) is 6.07 Å². The van der Waals surface area contributed by atoms with Crippen LogP contribution < -0.4 is 4.90 Å². The van der Waals surface area contributed by atoms with Gasteiger partial charge in [0.2, 0.25) is 0 Å². The Morgan fingerprint density at radius 1 is 1.06 bits per heavy atom. The summed E-state index contributed by atoms with van der Waals surface area (Å²) in [7, 11) is 1.30. The number of esters is 1. The number of carbonyl (C=O) groups excluding carboxylic acids is 2. The van der Waals surface area contributed by atoms with E-state index in [-0.39, 0.29) is 5.78 Å². The van der Waals surface area contributed by atoms with Crippen LogP contribution in [0.4, 0.5) is 5.69 Å². The topological polar surface area (TPSA) is 70.4 Å². The Bertz CT molecular complexity index is 1090. The van der Waals surface area contributed by atoms with Gasteiger partial charge in [-0.2, -0.15) is 5.26 Å². The zero-order valence-electron chi connectivity index (χ0n) is 18.2. The first-order chi connectivity index (χ1) is 14.8. The Hall–Kier alpha value is -3.39. The number of ether oxygens (including phenoxy) is 1. The number of nitriles is 1. The summed E-state index contributed by atoms with van der Waals surface area (Å²) in [5, 5.41) is 10.5. The summed E-state index contributed by atoms with van der Waals surface area (Å²) in [5.41, 5.74) is 0.346. The second kappa shape index (κ2) is 7.39. The maximum Gasteiger partial charge on any atom is 0.329 e. The molecule has 5 nitrogen and oxygen atoms in total. The molecule has 4 rings (SSSR count). The van der Waals surface area contributed by atoms with Crippen molar-refractivity contribution in [2.45, 2.75) is 38.8 Å². The Morgan fingerprint density at radius 3 is 2.32 bits per heavy atom. The van der Waals surface area contributed by atoms with Crippen LogP contribution in [0.3, 0.4) is 0 Å². The molecule has 0 aromatic heterocycles. The van der Waals surface area contributed by atoms with Crippen LogP contribution in [0.15, 0.2) is 60.7 Å². The summed E-state index contributed by atoms with van der Waals surface area (Å²) < 4.78 is 5.20. The fraction of sp³-hybridized carbons (Fsp3) is 0.346. The van der Waals surface area contributed by atoms with Gasteiger partial charge < -0.3 is 9.64 Å². The van der Waals surface area contributed by atoms with Crippen molar-refractivity contribution in [1.82, 2.24) is 0 Å². The van der Waals surface area contributed by atoms with E-state index < -0.39 is 34.8 Å². The van der Waals surface area contributed by atoms with Gasteiger partial charge in [-0.25, -0.2) is 0 Å². The van der Waals surface area contributed by atoms with E-state index in [1.807, 2.05) is 92.4 Å². The molecule has 5 heteroatoms. The molecule has 2 aliphatic heterocycles. The van der Waals surface area contributed by atoms with Crippen molar-refractivity contribution in [3.63, 3.8) is 0 Å². The summed E-state index contributed by atoms with van der Waals surface area (Å²) in [6.45, 7) is 5.63. The maximum atomic E-state index is 13.9. The van der Waals surface area contributed by atoms with E-state index in [1.165, 1.54) is 7.11 Å². The lowest BCUT2D eigenvalue weighted by Crippen LogP contribution is -2.48. The quantitative estimate of drug-likeness (QED) is 0.698. The molecule has 158 valence electrons. The van der Waals surface area contributed by atoms with Crippen LogP contribution in [0.25, 0.3) is 6.08 Å². The highest BCUT2D eigenvalue weighted by atomic mass is 16.5. The standard InChI is InChI=1S/C26H26N2O3/c1-25(2,3)23(29)22-21(18-11-6-5-7-12-18)26(16-27,24(30)31-4)20-15-14-17-10-8-9-13-19(17)28(20)22/h5-15,20-22H,1-4H3/t20-,21+,22-,26+/m0/s1. The van der Waals surface area contributed by atoms with Gasteiger partial charge in [0.15, 0.2) is 11.2 Å². The number of rotatable bonds is 3. The van der Waals surface area contributed by atoms with Crippen molar-refractivity contribution in [2.24, 2.45) is 10.8 Å². The van der Waals surface area contributed by atoms with Crippen LogP contribution >= 0.6 is 0 Å². The highest BCUT2D eigenvalue weighted by Gasteiger charge is 2.67. The first-order valence-corrected chi connectivity index (χ1v) is 10.4. The predicted octanol–water partition coefficient (Wildman–Crippen LogP) is 4.35. The Morgan fingerprint density at radius 2 is 1.71 bits per heavy atom. The number of benzene rings is 2. The highest BCUT2D eigenvalue weighted by Crippen LogP contribution is 2.56. The summed E-state index contributed by atoms with van der Waals surface area (Å²) in [4.78, 5) is 29.2. The molecule has 2 aromatic rings. The number of anilines is 1. The van der Waals surface area contributed by atoms with Crippen molar-refractivity contribution in [2.75, 3.05) is 12.0 Å². The average Bonchev–Trinajstić information content (AvgIpc) is 3.09. The minimum atomic E-state index is -1.56. The molecule has 1 fully saturated rings. The first-order valence-electron chi connectivity index (χ1n) is 10.4. The van der Waals surface area contributed by atoms with Crippen molar-refractivity contribution in [3.05, 3.63) is 71.8 Å². The van der Waals surface area contributed by atoms with Gasteiger partial charge in [-0.15, -0.1) is 0 Å². The van der Waals surface area contributed by atoms with Crippen LogP contribution in [0.1, 0.15) is 37.8 Å². The number of carbonyl (C=O) groups is 2. The van der Waals surface area contributed by atoms with E-state index in [4.69, 9.17) is 4.74 Å². The summed E-state index contributed by atoms with van der Waals surface area (Å²) in [6.07, 6.45) is 3.80. The number of ketones is 1. The summed E-state index contributed by atoms with van der Waals surface area (Å²) in [6, 6.07) is 18.2. The van der Waals surface area contributed by atoms with Gasteiger partial charge in [-0.1, -0.05) is 81.5 Å². The molecular formula is C26H26N2O3. The molecule has 2 heterocycles. The molecule has 2 aliphatic rings. The SMILES string of the molecule is COC(=O)[C@@]1(C#N)[C@H](c2ccccc2)[C@@H](C(=O)C(C)(C)C)N2c3ccccc3C=C[C@H]21. The van der Waals surface area contributed by atoms with E-state index in [9.17, 15) is 14.9 Å². The molecule has 4 atom stereocenters. The molecule has 0 unspecified atom stereocenters. The zero-order valence-corrected chi connectivity index (χ0v) is 18.2. The largest absolute Gasteiger partial charge is 0.468 e. The van der Waals surface area contributed by atoms with Gasteiger partial charge in [0.05, 0.1) is 25.3 Å². The van der Waals surface area contributed by atoms with Crippen LogP contribution in [0, 0.1) is 22.2 Å². The number of fused-ring (bicyclic) bond motifs is 3. The monoisotopic (exact) mass is 414 g/mol. The number of para-hydroxylation sites is 1. The molecule has 0 amide bonds. The molecule has 0 spiro atoms. The average molecular weight is 415 g/mol. The van der Waals surface area contributed by atoms with Crippen LogP contribution in [-0.2, 0) is 14.3 Å². The second-order valence-corrected chi connectivity index (χ2v) is 9.19. The summed E-state index contributed by atoms with van der Waals surface area (Å²) >= 11 is 0. The number of nitrogens with zero attached hydrogens (tertiary/aromatic N) is 2. The third-order valence-corrected chi connectivity index (χ3v) is 6.42. The third-order valence-electron chi connectivity index (χ3n) is 6.42. The lowest BCUT2D eigenvalue weighted by molar-refractivity contribution is -0.150. The van der Waals surface area contributed by atoms with Gasteiger partial charge in [0, 0.05) is 17.0 Å². The van der Waals surface area contributed by atoms with E-state index in [1.54, 1.807) is 0 Å². The number of hydrogen-bond donors (Lipinski definition) is 0. The summed E-state index contributed by atoms with van der Waals surface area (Å²) in [5.74, 6) is -1.32. The highest BCUT2D eigenvalue weighted by molar-refractivity contribution is 5.99. The van der Waals surface area contributed by atoms with Crippen molar-refractivity contribution >= 4 is 23.5 Å². The Balaban J connectivity index is 2.06. The molecular weight excluding hydrogens is 388 g/mol. The fourth-order valence-electron chi connectivity index (χ4n) is 5.01. The van der Waals surface area contributed by atoms with Gasteiger partial charge in [-0.3, -0.25) is 9.59 Å². The van der Waals surface area contributed by atoms with E-state index in [2.05, 4.69) is 6.07 Å². The minimum Gasteiger partial charge on any atom is -0.468 e. The van der Waals surface area contributed by atoms with Gasteiger partial charge in [-0.05, 0) is 17.2 Å². The fourth-order valence-corrected chi connectivity index (χ4v) is 5.01. The second-order valence-electron chi connectivity index (χ2n) is 9.19. The molecule has 0 radical (unpaired) electrons. The Labute approximate surface area is 182 Å². The van der Waals surface area contributed by atoms with E-state index in [0.29, 0.717) is 0 Å². The van der Waals surface area contributed by atoms with Gasteiger partial charge >= 0.3 is 5.97 Å². The molecule has 0 saturated carbocycles. The maximum absolute atomic E-state index is 13.9. The van der Waals surface area contributed by atoms with E-state index >= 15 is 0 Å². The predicted molar refractivity (Wildman–Crippen MR) is 119 cm³/mol. The molecule has 0 aliphatic carbocycles. The first kappa shape index (κ1) is 20.9. The third kappa shape index (κ3) is 2.97. The molecule has 0 N–H and O–H groups in total. The molecule has 31 heavy (non-hydrogen) atoms.